The van der Waals surface area contributed by atoms with E-state index in [-0.39, 0.29) is 11.7 Å². The van der Waals surface area contributed by atoms with Gasteiger partial charge in [0.05, 0.1) is 5.69 Å². The van der Waals surface area contributed by atoms with Crippen LogP contribution in [0.15, 0.2) is 85.1 Å². The molecule has 5 heteroatoms. The molecule has 6 rings (SSSR count). The molecule has 0 saturated heterocycles. The van der Waals surface area contributed by atoms with Gasteiger partial charge < -0.3 is 9.88 Å². The van der Waals surface area contributed by atoms with Crippen LogP contribution in [0.4, 0.5) is 10.1 Å². The van der Waals surface area contributed by atoms with Gasteiger partial charge >= 0.3 is 0 Å². The lowest BCUT2D eigenvalue weighted by Crippen LogP contribution is -2.15. The highest BCUT2D eigenvalue weighted by atomic mass is 19.1. The van der Waals surface area contributed by atoms with Crippen molar-refractivity contribution < 1.29 is 9.18 Å². The maximum absolute atomic E-state index is 13.8. The van der Waals surface area contributed by atoms with Crippen molar-refractivity contribution in [2.24, 2.45) is 0 Å². The first-order valence-electron chi connectivity index (χ1n) is 12.1. The van der Waals surface area contributed by atoms with Crippen LogP contribution in [-0.4, -0.2) is 14.9 Å². The van der Waals surface area contributed by atoms with Gasteiger partial charge in [-0.15, -0.1) is 0 Å². The molecule has 0 atom stereocenters. The lowest BCUT2D eigenvalue weighted by molar-refractivity contribution is 0.102. The number of carbonyl (C=O) groups excluding carboxylic acids is 1. The summed E-state index contributed by atoms with van der Waals surface area (Å²) in [6.45, 7) is 2.92. The van der Waals surface area contributed by atoms with Crippen molar-refractivity contribution in [3.63, 3.8) is 0 Å². The van der Waals surface area contributed by atoms with Gasteiger partial charge in [-0.05, 0) is 73.7 Å². The van der Waals surface area contributed by atoms with Gasteiger partial charge in [0.2, 0.25) is 0 Å². The summed E-state index contributed by atoms with van der Waals surface area (Å²) in [4.78, 5) is 13.8. The summed E-state index contributed by atoms with van der Waals surface area (Å²) in [6, 6.07) is 24.6. The number of amides is 1. The fourth-order valence-electron chi connectivity index (χ4n) is 5.20. The van der Waals surface area contributed by atoms with Crippen LogP contribution in [0, 0.1) is 12.7 Å². The van der Waals surface area contributed by atoms with E-state index in [0.29, 0.717) is 5.69 Å². The van der Waals surface area contributed by atoms with Crippen molar-refractivity contribution in [3.8, 4) is 22.4 Å². The van der Waals surface area contributed by atoms with E-state index in [9.17, 15) is 9.18 Å². The Kier molecular flexibility index (Phi) is 5.25. The smallest absolute Gasteiger partial charge is 0.273 e. The monoisotopic (exact) mass is 463 g/mol. The lowest BCUT2D eigenvalue weighted by atomic mass is 9.97. The molecule has 0 spiro atoms. The second-order valence-corrected chi connectivity index (χ2v) is 9.21. The molecule has 1 aliphatic rings. The van der Waals surface area contributed by atoms with E-state index in [0.717, 1.165) is 59.5 Å². The number of aryl methyl sites for hydroxylation is 3. The molecular formula is C30H26FN3O. The van der Waals surface area contributed by atoms with E-state index in [1.54, 1.807) is 0 Å². The fourth-order valence-corrected chi connectivity index (χ4v) is 5.20. The van der Waals surface area contributed by atoms with Crippen LogP contribution in [0.25, 0.3) is 28.0 Å². The Labute approximate surface area is 203 Å². The van der Waals surface area contributed by atoms with Gasteiger partial charge in [0, 0.05) is 29.6 Å². The number of hydrogen-bond donors (Lipinski definition) is 1. The highest BCUT2D eigenvalue weighted by Gasteiger charge is 2.29. The fraction of sp³-hybridized carbons (Fsp3) is 0.167. The molecule has 0 unspecified atom stereocenters. The first kappa shape index (κ1) is 21.4. The van der Waals surface area contributed by atoms with Crippen molar-refractivity contribution in [1.29, 1.82) is 0 Å². The minimum atomic E-state index is -0.256. The first-order chi connectivity index (χ1) is 17.1. The van der Waals surface area contributed by atoms with Gasteiger partial charge in [0.25, 0.3) is 5.91 Å². The number of aromatic nitrogens is 2. The first-order valence-corrected chi connectivity index (χ1v) is 12.1. The molecule has 1 aliphatic heterocycles. The van der Waals surface area contributed by atoms with Gasteiger partial charge in [-0.25, -0.2) is 4.39 Å². The van der Waals surface area contributed by atoms with Gasteiger partial charge in [-0.2, -0.15) is 0 Å². The third-order valence-electron chi connectivity index (χ3n) is 6.86. The zero-order valence-corrected chi connectivity index (χ0v) is 19.6. The maximum Gasteiger partial charge on any atom is 0.273 e. The van der Waals surface area contributed by atoms with Crippen molar-refractivity contribution >= 4 is 17.2 Å². The van der Waals surface area contributed by atoms with Crippen molar-refractivity contribution in [2.75, 3.05) is 5.32 Å². The molecule has 0 fully saturated rings. The molecule has 0 saturated carbocycles. The molecule has 0 aliphatic carbocycles. The van der Waals surface area contributed by atoms with Crippen LogP contribution in [0.1, 0.15) is 34.5 Å². The van der Waals surface area contributed by atoms with E-state index >= 15 is 0 Å². The Morgan fingerprint density at radius 2 is 1.60 bits per heavy atom. The normalized spacial score (nSPS) is 13.1. The van der Waals surface area contributed by atoms with Gasteiger partial charge in [-0.3, -0.25) is 9.20 Å². The molecule has 1 N–H and O–H groups in total. The molecule has 0 radical (unpaired) electrons. The maximum atomic E-state index is 13.8. The predicted octanol–water partition coefficient (Wildman–Crippen LogP) is 7.11. The number of benzene rings is 3. The summed E-state index contributed by atoms with van der Waals surface area (Å²) >= 11 is 0. The lowest BCUT2D eigenvalue weighted by Gasteiger charge is -2.10. The molecule has 2 aromatic heterocycles. The highest BCUT2D eigenvalue weighted by molar-refractivity contribution is 6.10. The van der Waals surface area contributed by atoms with E-state index < -0.39 is 0 Å². The number of imidazole rings is 1. The number of carbonyl (C=O) groups is 1. The Bertz CT molecular complexity index is 1530. The molecule has 0 bridgehead atoms. The SMILES string of the molecule is Cc1ccc(-c2c3c4n(c(-c5ccc(F)cc5)cn4c2C(=O)Nc2ccccc2)CCCC3)cc1. The number of hydrogen-bond acceptors (Lipinski definition) is 1. The van der Waals surface area contributed by atoms with Crippen LogP contribution in [0.5, 0.6) is 0 Å². The molecule has 5 aromatic rings. The van der Waals surface area contributed by atoms with Crippen LogP contribution in [0.3, 0.4) is 0 Å². The number of para-hydroxylation sites is 1. The number of nitrogens with zero attached hydrogens (tertiary/aromatic N) is 2. The average Bonchev–Trinajstić information content (AvgIpc) is 3.28. The summed E-state index contributed by atoms with van der Waals surface area (Å²) < 4.78 is 18.0. The number of rotatable bonds is 4. The van der Waals surface area contributed by atoms with Crippen molar-refractivity contribution in [2.45, 2.75) is 32.7 Å². The van der Waals surface area contributed by atoms with Crippen LogP contribution < -0.4 is 5.32 Å². The van der Waals surface area contributed by atoms with E-state index in [1.807, 2.05) is 53.1 Å². The Morgan fingerprint density at radius 1 is 0.886 bits per heavy atom. The standard InChI is InChI=1S/C30H26FN3O/c1-20-10-12-22(13-11-20)27-25-9-5-6-18-33-26(21-14-16-23(31)17-15-21)19-34(30(25)33)28(27)29(35)32-24-7-3-2-4-8-24/h2-4,7-8,10-17,19H,5-6,9,18H2,1H3,(H,32,35). The average molecular weight is 464 g/mol. The highest BCUT2D eigenvalue weighted by Crippen LogP contribution is 2.39. The quantitative estimate of drug-likeness (QED) is 0.303. The summed E-state index contributed by atoms with van der Waals surface area (Å²) in [5.74, 6) is -0.399. The minimum absolute atomic E-state index is 0.142. The zero-order valence-electron chi connectivity index (χ0n) is 19.6. The largest absolute Gasteiger partial charge is 0.325 e. The minimum Gasteiger partial charge on any atom is -0.325 e. The molecular weight excluding hydrogens is 437 g/mol. The molecule has 3 aromatic carbocycles. The molecule has 35 heavy (non-hydrogen) atoms. The summed E-state index contributed by atoms with van der Waals surface area (Å²) in [7, 11) is 0. The number of halogens is 1. The topological polar surface area (TPSA) is 38.4 Å². The summed E-state index contributed by atoms with van der Waals surface area (Å²) in [6.07, 6.45) is 5.03. The number of anilines is 1. The van der Waals surface area contributed by atoms with Gasteiger partial charge in [-0.1, -0.05) is 48.0 Å². The third kappa shape index (κ3) is 3.73. The second kappa shape index (κ2) is 8.58. The molecule has 4 nitrogen and oxygen atoms in total. The predicted molar refractivity (Wildman–Crippen MR) is 138 cm³/mol. The summed E-state index contributed by atoms with van der Waals surface area (Å²) in [5, 5.41) is 3.10. The van der Waals surface area contributed by atoms with Crippen LogP contribution in [0.2, 0.25) is 0 Å². The Morgan fingerprint density at radius 3 is 2.34 bits per heavy atom. The van der Waals surface area contributed by atoms with Crippen LogP contribution >= 0.6 is 0 Å². The third-order valence-corrected chi connectivity index (χ3v) is 6.86. The number of nitrogens with one attached hydrogen (secondary N) is 1. The second-order valence-electron chi connectivity index (χ2n) is 9.21. The summed E-state index contributed by atoms with van der Waals surface area (Å²) in [5.41, 5.74) is 8.79. The van der Waals surface area contributed by atoms with E-state index in [2.05, 4.69) is 41.1 Å². The molecule has 3 heterocycles. The Balaban J connectivity index is 1.62. The van der Waals surface area contributed by atoms with Gasteiger partial charge in [0.1, 0.15) is 17.2 Å². The van der Waals surface area contributed by atoms with Crippen molar-refractivity contribution in [3.05, 3.63) is 108 Å². The molecule has 1 amide bonds. The Hall–Kier alpha value is -4.12. The van der Waals surface area contributed by atoms with Gasteiger partial charge in [0.15, 0.2) is 0 Å². The van der Waals surface area contributed by atoms with E-state index in [4.69, 9.17) is 0 Å². The van der Waals surface area contributed by atoms with Crippen molar-refractivity contribution in [1.82, 2.24) is 8.97 Å². The zero-order chi connectivity index (χ0) is 23.9. The van der Waals surface area contributed by atoms with Crippen LogP contribution in [-0.2, 0) is 13.0 Å². The molecule has 174 valence electrons. The van der Waals surface area contributed by atoms with E-state index in [1.165, 1.54) is 23.3 Å².